The summed E-state index contributed by atoms with van der Waals surface area (Å²) in [4.78, 5) is 11.7. The highest BCUT2D eigenvalue weighted by Crippen LogP contribution is 2.10. The maximum absolute atomic E-state index is 11.7. The molecule has 0 aromatic heterocycles. The molecule has 0 aliphatic heterocycles. The van der Waals surface area contributed by atoms with Crippen molar-refractivity contribution in [1.82, 2.24) is 5.32 Å². The Bertz CT molecular complexity index is 365. The van der Waals surface area contributed by atoms with Crippen LogP contribution in [0.15, 0.2) is 12.2 Å². The number of alkyl carbamates (subject to hydrolysis) is 1. The topological polar surface area (TPSA) is 99.0 Å². The van der Waals surface area contributed by atoms with Gasteiger partial charge in [-0.15, -0.1) is 0 Å². The Morgan fingerprint density at radius 2 is 1.60 bits per heavy atom. The van der Waals surface area contributed by atoms with Crippen molar-refractivity contribution in [3.8, 4) is 0 Å². The van der Waals surface area contributed by atoms with E-state index < -0.39 is 23.8 Å². The summed E-state index contributed by atoms with van der Waals surface area (Å²) in [5.41, 5.74) is -0.622. The Labute approximate surface area is 152 Å². The number of allylic oxidation sites excluding steroid dienone is 1. The van der Waals surface area contributed by atoms with Gasteiger partial charge >= 0.3 is 6.09 Å². The molecule has 0 rings (SSSR count). The molecule has 0 aliphatic rings. The molecule has 0 bridgehead atoms. The van der Waals surface area contributed by atoms with Crippen LogP contribution in [0.2, 0.25) is 0 Å². The molecule has 0 aromatic rings. The number of rotatable bonds is 13. The molecule has 0 spiro atoms. The lowest BCUT2D eigenvalue weighted by atomic mass is 10.1. The van der Waals surface area contributed by atoms with Gasteiger partial charge in [0.15, 0.2) is 0 Å². The van der Waals surface area contributed by atoms with Crippen molar-refractivity contribution in [2.24, 2.45) is 0 Å². The van der Waals surface area contributed by atoms with Gasteiger partial charge in [-0.1, -0.05) is 44.3 Å². The molecule has 2 atom stereocenters. The number of hydrogen-bond donors (Lipinski definition) is 4. The van der Waals surface area contributed by atoms with E-state index in [0.717, 1.165) is 32.1 Å². The van der Waals surface area contributed by atoms with Gasteiger partial charge in [0.05, 0.1) is 18.8 Å². The first-order chi connectivity index (χ1) is 11.8. The van der Waals surface area contributed by atoms with E-state index in [4.69, 9.17) is 9.84 Å². The number of hydrogen-bond acceptors (Lipinski definition) is 5. The van der Waals surface area contributed by atoms with Gasteiger partial charge in [0.2, 0.25) is 0 Å². The first kappa shape index (κ1) is 23.9. The molecule has 0 saturated carbocycles. The van der Waals surface area contributed by atoms with Crippen molar-refractivity contribution in [2.45, 2.75) is 89.9 Å². The largest absolute Gasteiger partial charge is 0.444 e. The van der Waals surface area contributed by atoms with E-state index in [0.29, 0.717) is 0 Å². The van der Waals surface area contributed by atoms with E-state index in [1.807, 2.05) is 6.08 Å². The standard InChI is InChI=1S/C19H37NO5/c1-19(2,3)25-18(24)20-16(15-22)17(23)13-11-9-7-5-4-6-8-10-12-14-21/h11,13,16-17,21-23H,4-10,12,14-15H2,1-3H3,(H,20,24)/b13-11+. The lowest BCUT2D eigenvalue weighted by Gasteiger charge is -2.24. The summed E-state index contributed by atoms with van der Waals surface area (Å²) >= 11 is 0. The molecule has 4 N–H and O–H groups in total. The summed E-state index contributed by atoms with van der Waals surface area (Å²) < 4.78 is 5.11. The second-order valence-corrected chi connectivity index (χ2v) is 7.34. The van der Waals surface area contributed by atoms with Crippen LogP contribution < -0.4 is 5.32 Å². The number of ether oxygens (including phenoxy) is 1. The van der Waals surface area contributed by atoms with Crippen LogP contribution >= 0.6 is 0 Å². The highest BCUT2D eigenvalue weighted by Gasteiger charge is 2.22. The Hall–Kier alpha value is -1.11. The lowest BCUT2D eigenvalue weighted by Crippen LogP contribution is -2.47. The molecule has 148 valence electrons. The minimum Gasteiger partial charge on any atom is -0.444 e. The van der Waals surface area contributed by atoms with Gasteiger partial charge in [0.1, 0.15) is 5.60 Å². The van der Waals surface area contributed by atoms with E-state index in [1.54, 1.807) is 26.8 Å². The summed E-state index contributed by atoms with van der Waals surface area (Å²) in [6.45, 7) is 5.18. The molecule has 0 radical (unpaired) electrons. The summed E-state index contributed by atoms with van der Waals surface area (Å²) in [5, 5.41) is 30.5. The van der Waals surface area contributed by atoms with Crippen LogP contribution in [0.5, 0.6) is 0 Å². The average Bonchev–Trinajstić information content (AvgIpc) is 2.52. The maximum Gasteiger partial charge on any atom is 0.408 e. The van der Waals surface area contributed by atoms with Crippen LogP contribution in [-0.4, -0.2) is 52.4 Å². The van der Waals surface area contributed by atoms with Crippen LogP contribution in [0.1, 0.15) is 72.1 Å². The van der Waals surface area contributed by atoms with Gasteiger partial charge < -0.3 is 25.4 Å². The first-order valence-electron chi connectivity index (χ1n) is 9.36. The quantitative estimate of drug-likeness (QED) is 0.299. The van der Waals surface area contributed by atoms with Crippen LogP contribution in [0.4, 0.5) is 4.79 Å². The molecule has 25 heavy (non-hydrogen) atoms. The monoisotopic (exact) mass is 359 g/mol. The van der Waals surface area contributed by atoms with Crippen molar-refractivity contribution in [3.63, 3.8) is 0 Å². The third-order valence-corrected chi connectivity index (χ3v) is 3.67. The molecule has 0 fully saturated rings. The van der Waals surface area contributed by atoms with Crippen LogP contribution in [-0.2, 0) is 4.74 Å². The maximum atomic E-state index is 11.7. The minimum atomic E-state index is -0.948. The molecule has 6 heteroatoms. The Kier molecular flexibility index (Phi) is 13.5. The van der Waals surface area contributed by atoms with Gasteiger partial charge in [0.25, 0.3) is 0 Å². The third kappa shape index (κ3) is 14.9. The molecule has 1 amide bonds. The number of carbonyl (C=O) groups excluding carboxylic acids is 1. The van der Waals surface area contributed by atoms with Crippen molar-refractivity contribution < 1.29 is 24.9 Å². The smallest absolute Gasteiger partial charge is 0.408 e. The molecule has 0 aliphatic carbocycles. The van der Waals surface area contributed by atoms with Crippen molar-refractivity contribution >= 4 is 6.09 Å². The Balaban J connectivity index is 3.90. The van der Waals surface area contributed by atoms with Crippen LogP contribution in [0.3, 0.4) is 0 Å². The normalized spacial score (nSPS) is 14.5. The number of unbranched alkanes of at least 4 members (excludes halogenated alkanes) is 7. The summed E-state index contributed by atoms with van der Waals surface area (Å²) in [5.74, 6) is 0. The zero-order valence-electron chi connectivity index (χ0n) is 16.0. The zero-order chi connectivity index (χ0) is 19.1. The second kappa shape index (κ2) is 14.1. The molecular weight excluding hydrogens is 322 g/mol. The van der Waals surface area contributed by atoms with Gasteiger partial charge in [-0.25, -0.2) is 4.79 Å². The Morgan fingerprint density at radius 1 is 1.04 bits per heavy atom. The Morgan fingerprint density at radius 3 is 2.12 bits per heavy atom. The van der Waals surface area contributed by atoms with Crippen LogP contribution in [0, 0.1) is 0 Å². The fraction of sp³-hybridized carbons (Fsp3) is 0.842. The van der Waals surface area contributed by atoms with E-state index in [9.17, 15) is 15.0 Å². The fourth-order valence-electron chi connectivity index (χ4n) is 2.33. The van der Waals surface area contributed by atoms with Crippen LogP contribution in [0.25, 0.3) is 0 Å². The third-order valence-electron chi connectivity index (χ3n) is 3.67. The van der Waals surface area contributed by atoms with Gasteiger partial charge in [0, 0.05) is 6.61 Å². The number of aliphatic hydroxyl groups is 3. The van der Waals surface area contributed by atoms with Crippen molar-refractivity contribution in [2.75, 3.05) is 13.2 Å². The highest BCUT2D eigenvalue weighted by atomic mass is 16.6. The van der Waals surface area contributed by atoms with Gasteiger partial charge in [-0.2, -0.15) is 0 Å². The van der Waals surface area contributed by atoms with Crippen molar-refractivity contribution in [1.29, 1.82) is 0 Å². The van der Waals surface area contributed by atoms with E-state index in [-0.39, 0.29) is 13.2 Å². The lowest BCUT2D eigenvalue weighted by molar-refractivity contribution is 0.0405. The second-order valence-electron chi connectivity index (χ2n) is 7.34. The number of carbonyl (C=O) groups is 1. The van der Waals surface area contributed by atoms with E-state index in [2.05, 4.69) is 5.32 Å². The molecule has 6 nitrogen and oxygen atoms in total. The molecule has 2 unspecified atom stereocenters. The van der Waals surface area contributed by atoms with Crippen molar-refractivity contribution in [3.05, 3.63) is 12.2 Å². The zero-order valence-corrected chi connectivity index (χ0v) is 16.0. The molecule has 0 saturated heterocycles. The molecule has 0 aromatic carbocycles. The molecular formula is C19H37NO5. The summed E-state index contributed by atoms with van der Waals surface area (Å²) in [6.07, 6.45) is 10.5. The van der Waals surface area contributed by atoms with E-state index >= 15 is 0 Å². The summed E-state index contributed by atoms with van der Waals surface area (Å²) in [7, 11) is 0. The predicted molar refractivity (Wildman–Crippen MR) is 99.4 cm³/mol. The summed E-state index contributed by atoms with van der Waals surface area (Å²) in [6, 6.07) is -0.780. The van der Waals surface area contributed by atoms with Gasteiger partial charge in [-0.3, -0.25) is 0 Å². The van der Waals surface area contributed by atoms with Gasteiger partial charge in [-0.05, 0) is 40.0 Å². The highest BCUT2D eigenvalue weighted by molar-refractivity contribution is 5.68. The number of nitrogens with one attached hydrogen (secondary N) is 1. The average molecular weight is 360 g/mol. The van der Waals surface area contributed by atoms with E-state index in [1.165, 1.54) is 19.3 Å². The molecule has 0 heterocycles. The predicted octanol–water partition coefficient (Wildman–Crippen LogP) is 2.90. The number of amides is 1. The number of aliphatic hydroxyl groups excluding tert-OH is 3. The SMILES string of the molecule is CC(C)(C)OC(=O)NC(CO)C(O)/C=C/CCCCCCCCCO. The fourth-order valence-corrected chi connectivity index (χ4v) is 2.33. The minimum absolute atomic E-state index is 0.282. The first-order valence-corrected chi connectivity index (χ1v) is 9.36.